The molecule has 1 aromatic carbocycles. The molecule has 7 heteroatoms. The second-order valence-corrected chi connectivity index (χ2v) is 6.68. The van der Waals surface area contributed by atoms with Crippen LogP contribution in [0.5, 0.6) is 0 Å². The summed E-state index contributed by atoms with van der Waals surface area (Å²) in [5.41, 5.74) is 0. The average Bonchev–Trinajstić information content (AvgIpc) is 3.01. The van der Waals surface area contributed by atoms with Crippen molar-refractivity contribution in [2.45, 2.75) is 48.9 Å². The van der Waals surface area contributed by atoms with E-state index >= 15 is 0 Å². The Morgan fingerprint density at radius 3 is 2.71 bits per heavy atom. The van der Waals surface area contributed by atoms with Gasteiger partial charge in [0.2, 0.25) is 0 Å². The first-order valence-electron chi connectivity index (χ1n) is 8.42. The van der Waals surface area contributed by atoms with Crippen LogP contribution in [0, 0.1) is 0 Å². The number of rotatable bonds is 9. The van der Waals surface area contributed by atoms with Gasteiger partial charge < -0.3 is 5.32 Å². The van der Waals surface area contributed by atoms with Crippen LogP contribution < -0.4 is 5.32 Å². The number of aromatic nitrogens is 5. The minimum absolute atomic E-state index is 0.516. The summed E-state index contributed by atoms with van der Waals surface area (Å²) in [7, 11) is 0. The number of anilines is 1. The summed E-state index contributed by atoms with van der Waals surface area (Å²) in [4.78, 5) is 5.41. The van der Waals surface area contributed by atoms with Gasteiger partial charge in [-0.05, 0) is 18.6 Å². The molecule has 3 rings (SSSR count). The van der Waals surface area contributed by atoms with Crippen molar-refractivity contribution in [3.8, 4) is 0 Å². The van der Waals surface area contributed by atoms with Gasteiger partial charge in [0.15, 0.2) is 0 Å². The fraction of sp³-hybridized carbons (Fsp3) is 0.412. The summed E-state index contributed by atoms with van der Waals surface area (Å²) in [5, 5.41) is 16.9. The number of nitrogens with zero attached hydrogens (tertiary/aromatic N) is 5. The van der Waals surface area contributed by atoms with Crippen LogP contribution in [-0.2, 0) is 0 Å². The minimum atomic E-state index is 0.516. The van der Waals surface area contributed by atoms with Crippen LogP contribution in [0.2, 0.25) is 0 Å². The van der Waals surface area contributed by atoms with E-state index in [9.17, 15) is 0 Å². The monoisotopic (exact) mass is 342 g/mol. The van der Waals surface area contributed by atoms with Crippen LogP contribution in [0.15, 0.2) is 46.5 Å². The second-order valence-electron chi connectivity index (χ2n) is 5.59. The molecule has 0 bridgehead atoms. The maximum atomic E-state index is 4.51. The molecule has 0 spiro atoms. The lowest BCUT2D eigenvalue weighted by Gasteiger charge is -2.05. The topological polar surface area (TPSA) is 68.0 Å². The molecule has 0 aliphatic heterocycles. The highest BCUT2D eigenvalue weighted by Crippen LogP contribution is 2.26. The van der Waals surface area contributed by atoms with E-state index in [4.69, 9.17) is 0 Å². The Bertz CT molecular complexity index is 758. The van der Waals surface area contributed by atoms with Gasteiger partial charge in [-0.25, -0.2) is 4.98 Å². The molecule has 0 aliphatic rings. The van der Waals surface area contributed by atoms with Crippen molar-refractivity contribution in [1.82, 2.24) is 24.8 Å². The number of hydrogen-bond acceptors (Lipinski definition) is 6. The lowest BCUT2D eigenvalue weighted by Crippen LogP contribution is -2.09. The summed E-state index contributed by atoms with van der Waals surface area (Å²) in [5.74, 6) is 1.06. The molecule has 0 fully saturated rings. The molecule has 1 N–H and O–H groups in total. The van der Waals surface area contributed by atoms with Crippen LogP contribution in [-0.4, -0.2) is 31.3 Å². The van der Waals surface area contributed by atoms with Crippen LogP contribution in [0.3, 0.4) is 0 Å². The number of benzene rings is 1. The van der Waals surface area contributed by atoms with Gasteiger partial charge in [-0.15, -0.1) is 15.3 Å². The Labute approximate surface area is 146 Å². The Morgan fingerprint density at radius 1 is 1.04 bits per heavy atom. The zero-order valence-electron chi connectivity index (χ0n) is 13.9. The maximum Gasteiger partial charge on any atom is 0.271 e. The van der Waals surface area contributed by atoms with E-state index in [1.54, 1.807) is 22.5 Å². The van der Waals surface area contributed by atoms with E-state index in [1.807, 2.05) is 18.2 Å². The van der Waals surface area contributed by atoms with Crippen LogP contribution in [0.4, 0.5) is 5.95 Å². The van der Waals surface area contributed by atoms with Crippen molar-refractivity contribution >= 4 is 23.5 Å². The van der Waals surface area contributed by atoms with Crippen LogP contribution >= 0.6 is 11.8 Å². The van der Waals surface area contributed by atoms with E-state index in [1.165, 1.54) is 25.7 Å². The third-order valence-corrected chi connectivity index (χ3v) is 4.64. The predicted molar refractivity (Wildman–Crippen MR) is 96.4 cm³/mol. The quantitative estimate of drug-likeness (QED) is 0.592. The first kappa shape index (κ1) is 16.7. The molecule has 3 aromatic rings. The molecule has 0 atom stereocenters. The SMILES string of the molecule is CCCCCCCNc1nnc2ncc(Sc3ccccc3)n2n1. The fourth-order valence-corrected chi connectivity index (χ4v) is 3.22. The molecule has 0 radical (unpaired) electrons. The third-order valence-electron chi connectivity index (χ3n) is 3.65. The van der Waals surface area contributed by atoms with E-state index in [-0.39, 0.29) is 0 Å². The molecule has 0 saturated carbocycles. The predicted octanol–water partition coefficient (Wildman–Crippen LogP) is 4.05. The molecule has 0 aliphatic carbocycles. The highest BCUT2D eigenvalue weighted by atomic mass is 32.2. The average molecular weight is 342 g/mol. The summed E-state index contributed by atoms with van der Waals surface area (Å²) < 4.78 is 1.74. The summed E-state index contributed by atoms with van der Waals surface area (Å²) in [6.45, 7) is 3.09. The Balaban J connectivity index is 1.63. The lowest BCUT2D eigenvalue weighted by atomic mass is 10.1. The lowest BCUT2D eigenvalue weighted by molar-refractivity contribution is 0.642. The Hall–Kier alpha value is -2.15. The van der Waals surface area contributed by atoms with Gasteiger partial charge >= 0.3 is 0 Å². The molecule has 6 nitrogen and oxygen atoms in total. The molecule has 0 unspecified atom stereocenters. The zero-order valence-corrected chi connectivity index (χ0v) is 14.7. The van der Waals surface area contributed by atoms with Gasteiger partial charge in [0.25, 0.3) is 11.7 Å². The minimum Gasteiger partial charge on any atom is -0.352 e. The largest absolute Gasteiger partial charge is 0.352 e. The van der Waals surface area contributed by atoms with Gasteiger partial charge in [-0.2, -0.15) is 4.52 Å². The molecule has 0 amide bonds. The van der Waals surface area contributed by atoms with Gasteiger partial charge in [-0.1, -0.05) is 62.6 Å². The normalized spacial score (nSPS) is 11.0. The van der Waals surface area contributed by atoms with E-state index < -0.39 is 0 Å². The first-order valence-corrected chi connectivity index (χ1v) is 9.23. The molecular weight excluding hydrogens is 320 g/mol. The number of fused-ring (bicyclic) bond motifs is 1. The molecule has 2 heterocycles. The summed E-state index contributed by atoms with van der Waals surface area (Å²) >= 11 is 1.61. The van der Waals surface area contributed by atoms with Crippen LogP contribution in [0.1, 0.15) is 39.0 Å². The van der Waals surface area contributed by atoms with Crippen molar-refractivity contribution in [1.29, 1.82) is 0 Å². The first-order chi connectivity index (χ1) is 11.9. The fourth-order valence-electron chi connectivity index (χ4n) is 2.37. The van der Waals surface area contributed by atoms with Crippen molar-refractivity contribution in [3.63, 3.8) is 0 Å². The van der Waals surface area contributed by atoms with Gasteiger partial charge in [0.05, 0.1) is 6.20 Å². The number of imidazole rings is 1. The van der Waals surface area contributed by atoms with Crippen molar-refractivity contribution in [2.75, 3.05) is 11.9 Å². The zero-order chi connectivity index (χ0) is 16.6. The highest BCUT2D eigenvalue weighted by Gasteiger charge is 2.09. The van der Waals surface area contributed by atoms with Crippen molar-refractivity contribution < 1.29 is 0 Å². The number of unbranched alkanes of at least 4 members (excludes halogenated alkanes) is 4. The Kier molecular flexibility index (Phi) is 6.01. The summed E-state index contributed by atoms with van der Waals surface area (Å²) in [6, 6.07) is 10.2. The molecular formula is C17H22N6S. The van der Waals surface area contributed by atoms with Gasteiger partial charge in [0, 0.05) is 11.4 Å². The van der Waals surface area contributed by atoms with E-state index in [0.717, 1.165) is 22.9 Å². The standard InChI is InChI=1S/C17H22N6S/c1-2-3-4-5-9-12-18-16-20-21-17-19-13-15(23(17)22-16)24-14-10-7-6-8-11-14/h6-8,10-11,13H,2-5,9,12H2,1H3,(H,18,22). The van der Waals surface area contributed by atoms with E-state index in [2.05, 4.69) is 44.7 Å². The molecule has 126 valence electrons. The maximum absolute atomic E-state index is 4.51. The molecule has 2 aromatic heterocycles. The van der Waals surface area contributed by atoms with Crippen molar-refractivity contribution in [2.24, 2.45) is 0 Å². The third kappa shape index (κ3) is 4.44. The smallest absolute Gasteiger partial charge is 0.271 e. The number of nitrogens with one attached hydrogen (secondary N) is 1. The molecule has 24 heavy (non-hydrogen) atoms. The Morgan fingerprint density at radius 2 is 1.88 bits per heavy atom. The van der Waals surface area contributed by atoms with Gasteiger partial charge in [0.1, 0.15) is 5.03 Å². The summed E-state index contributed by atoms with van der Waals surface area (Å²) in [6.07, 6.45) is 7.99. The molecule has 0 saturated heterocycles. The van der Waals surface area contributed by atoms with E-state index in [0.29, 0.717) is 11.7 Å². The van der Waals surface area contributed by atoms with Crippen LogP contribution in [0.25, 0.3) is 5.78 Å². The number of hydrogen-bond donors (Lipinski definition) is 1. The van der Waals surface area contributed by atoms with Gasteiger partial charge in [-0.3, -0.25) is 0 Å². The van der Waals surface area contributed by atoms with Crippen molar-refractivity contribution in [3.05, 3.63) is 36.5 Å². The second kappa shape index (κ2) is 8.63. The highest BCUT2D eigenvalue weighted by molar-refractivity contribution is 7.99.